The second-order valence-corrected chi connectivity index (χ2v) is 17.1. The van der Waals surface area contributed by atoms with Crippen LogP contribution in [-0.4, -0.2) is 83.2 Å². The first kappa shape index (κ1) is 25.9. The van der Waals surface area contributed by atoms with Gasteiger partial charge in [0.2, 0.25) is 0 Å². The number of aliphatic hydroxyl groups is 1. The molecule has 0 aromatic carbocycles. The van der Waals surface area contributed by atoms with Crippen molar-refractivity contribution in [1.29, 1.82) is 0 Å². The molecule has 1 atom stereocenters. The second-order valence-electron chi connectivity index (χ2n) is 10.6. The van der Waals surface area contributed by atoms with Crippen molar-refractivity contribution in [3.63, 3.8) is 0 Å². The fraction of sp³-hybridized carbons (Fsp3) is 0.682. The van der Waals surface area contributed by atoms with Crippen molar-refractivity contribution >= 4 is 46.9 Å². The van der Waals surface area contributed by atoms with Crippen LogP contribution in [0.5, 0.6) is 0 Å². The van der Waals surface area contributed by atoms with E-state index >= 15 is 0 Å². The maximum atomic E-state index is 12.5. The van der Waals surface area contributed by atoms with Gasteiger partial charge in [-0.1, -0.05) is 19.6 Å². The van der Waals surface area contributed by atoms with Gasteiger partial charge in [-0.2, -0.15) is 0 Å². The molecule has 1 amide bonds. The van der Waals surface area contributed by atoms with E-state index in [1.807, 2.05) is 36.4 Å². The average Bonchev–Trinajstić information content (AvgIpc) is 3.04. The number of hydrogen-bond donors (Lipinski definition) is 1. The molecule has 33 heavy (non-hydrogen) atoms. The van der Waals surface area contributed by atoms with E-state index in [2.05, 4.69) is 45.5 Å². The number of amides is 1. The SMILES string of the molecule is CC(C)(C)OC(=O)N1CCN(c2ncnc3c2c(Br)cn3COCC[Si](C)(C)C)[C@H](CO)C1. The number of hydrogen-bond acceptors (Lipinski definition) is 7. The highest BCUT2D eigenvalue weighted by molar-refractivity contribution is 9.10. The minimum absolute atomic E-state index is 0.108. The highest BCUT2D eigenvalue weighted by Gasteiger charge is 2.33. The number of aliphatic hydroxyl groups excluding tert-OH is 1. The second kappa shape index (κ2) is 10.3. The lowest BCUT2D eigenvalue weighted by Gasteiger charge is -2.41. The first-order valence-corrected chi connectivity index (χ1v) is 15.8. The van der Waals surface area contributed by atoms with Crippen molar-refractivity contribution in [3.05, 3.63) is 17.0 Å². The van der Waals surface area contributed by atoms with E-state index < -0.39 is 13.7 Å². The number of rotatable bonds is 7. The Kier molecular flexibility index (Phi) is 8.08. The van der Waals surface area contributed by atoms with Gasteiger partial charge in [0.25, 0.3) is 0 Å². The summed E-state index contributed by atoms with van der Waals surface area (Å²) in [4.78, 5) is 25.3. The number of carbonyl (C=O) groups excluding carboxylic acids is 1. The van der Waals surface area contributed by atoms with Gasteiger partial charge in [-0.15, -0.1) is 0 Å². The minimum atomic E-state index is -1.15. The van der Waals surface area contributed by atoms with E-state index in [0.29, 0.717) is 26.4 Å². The Morgan fingerprint density at radius 2 is 2.00 bits per heavy atom. The summed E-state index contributed by atoms with van der Waals surface area (Å²) < 4.78 is 14.3. The minimum Gasteiger partial charge on any atom is -0.444 e. The fourth-order valence-electron chi connectivity index (χ4n) is 3.70. The van der Waals surface area contributed by atoms with E-state index in [1.165, 1.54) is 6.33 Å². The quantitative estimate of drug-likeness (QED) is 0.419. The molecule has 0 spiro atoms. The van der Waals surface area contributed by atoms with Crippen molar-refractivity contribution in [3.8, 4) is 0 Å². The van der Waals surface area contributed by atoms with Crippen molar-refractivity contribution in [2.24, 2.45) is 0 Å². The van der Waals surface area contributed by atoms with E-state index in [0.717, 1.165) is 34.0 Å². The standard InChI is InChI=1S/C22H36BrN5O4Si/c1-22(2,3)32-21(30)26-7-8-28(16(11-26)13-29)20-18-17(23)12-27(19(18)24-14-25-20)15-31-9-10-33(4,5)6/h12,14,16,29H,7-11,13,15H2,1-6H3/t16-/m0/s1. The number of halogens is 1. The molecule has 3 rings (SSSR count). The molecule has 11 heteroatoms. The number of nitrogens with zero attached hydrogens (tertiary/aromatic N) is 5. The van der Waals surface area contributed by atoms with Crippen LogP contribution in [0.15, 0.2) is 17.0 Å². The number of aromatic nitrogens is 3. The van der Waals surface area contributed by atoms with Crippen LogP contribution in [0.4, 0.5) is 10.6 Å². The highest BCUT2D eigenvalue weighted by Crippen LogP contribution is 2.34. The average molecular weight is 543 g/mol. The summed E-state index contributed by atoms with van der Waals surface area (Å²) >= 11 is 3.66. The third-order valence-electron chi connectivity index (χ3n) is 5.43. The zero-order chi connectivity index (χ0) is 24.4. The van der Waals surface area contributed by atoms with Crippen LogP contribution < -0.4 is 4.90 Å². The number of fused-ring (bicyclic) bond motifs is 1. The molecule has 1 aliphatic rings. The monoisotopic (exact) mass is 541 g/mol. The van der Waals surface area contributed by atoms with E-state index in [4.69, 9.17) is 9.47 Å². The van der Waals surface area contributed by atoms with Gasteiger partial charge in [0, 0.05) is 45.0 Å². The molecule has 184 valence electrons. The molecular weight excluding hydrogens is 506 g/mol. The summed E-state index contributed by atoms with van der Waals surface area (Å²) in [6, 6.07) is 0.806. The number of ether oxygens (including phenoxy) is 2. The van der Waals surface area contributed by atoms with Gasteiger partial charge in [-0.3, -0.25) is 0 Å². The van der Waals surface area contributed by atoms with E-state index in [-0.39, 0.29) is 18.7 Å². The molecular formula is C22H36BrN5O4Si. The van der Waals surface area contributed by atoms with Gasteiger partial charge in [0.1, 0.15) is 30.1 Å². The molecule has 0 bridgehead atoms. The normalized spacial score (nSPS) is 17.6. The van der Waals surface area contributed by atoms with Crippen LogP contribution in [0, 0.1) is 0 Å². The van der Waals surface area contributed by atoms with E-state index in [1.54, 1.807) is 4.90 Å². The van der Waals surface area contributed by atoms with E-state index in [9.17, 15) is 9.90 Å². The smallest absolute Gasteiger partial charge is 0.410 e. The molecule has 1 aliphatic heterocycles. The molecule has 3 heterocycles. The Morgan fingerprint density at radius 3 is 2.64 bits per heavy atom. The molecule has 0 saturated carbocycles. The Morgan fingerprint density at radius 1 is 1.27 bits per heavy atom. The summed E-state index contributed by atoms with van der Waals surface area (Å²) in [5.74, 6) is 0.732. The summed E-state index contributed by atoms with van der Waals surface area (Å²) in [5, 5.41) is 11.0. The summed E-state index contributed by atoms with van der Waals surface area (Å²) in [6.45, 7) is 14.9. The molecule has 2 aromatic heterocycles. The lowest BCUT2D eigenvalue weighted by molar-refractivity contribution is 0.0197. The van der Waals surface area contributed by atoms with Gasteiger partial charge in [0.05, 0.1) is 18.0 Å². The van der Waals surface area contributed by atoms with Gasteiger partial charge in [-0.25, -0.2) is 14.8 Å². The Bertz CT molecular complexity index is 972. The van der Waals surface area contributed by atoms with Gasteiger partial charge < -0.3 is 28.9 Å². The van der Waals surface area contributed by atoms with Crippen LogP contribution in [0.25, 0.3) is 11.0 Å². The summed E-state index contributed by atoms with van der Waals surface area (Å²) in [5.41, 5.74) is 0.207. The molecule has 9 nitrogen and oxygen atoms in total. The molecule has 0 unspecified atom stereocenters. The number of anilines is 1. The van der Waals surface area contributed by atoms with Crippen molar-refractivity contribution < 1.29 is 19.4 Å². The molecule has 0 aliphatic carbocycles. The Labute approximate surface area is 205 Å². The highest BCUT2D eigenvalue weighted by atomic mass is 79.9. The lowest BCUT2D eigenvalue weighted by atomic mass is 10.1. The molecule has 1 fully saturated rings. The predicted octanol–water partition coefficient (Wildman–Crippen LogP) is 3.92. The zero-order valence-electron chi connectivity index (χ0n) is 20.5. The third kappa shape index (κ3) is 6.68. The number of piperazine rings is 1. The Balaban J connectivity index is 1.78. The van der Waals surface area contributed by atoms with Gasteiger partial charge in [-0.05, 0) is 42.7 Å². The van der Waals surface area contributed by atoms with Crippen molar-refractivity contribution in [1.82, 2.24) is 19.4 Å². The molecule has 1 saturated heterocycles. The largest absolute Gasteiger partial charge is 0.444 e. The van der Waals surface area contributed by atoms with Crippen LogP contribution >= 0.6 is 15.9 Å². The first-order valence-electron chi connectivity index (χ1n) is 11.3. The van der Waals surface area contributed by atoms with Gasteiger partial charge in [0.15, 0.2) is 0 Å². The topological polar surface area (TPSA) is 93.0 Å². The fourth-order valence-corrected chi connectivity index (χ4v) is 5.06. The molecule has 1 N–H and O–H groups in total. The van der Waals surface area contributed by atoms with Crippen LogP contribution in [0.2, 0.25) is 25.7 Å². The molecule has 2 aromatic rings. The first-order chi connectivity index (χ1) is 15.4. The summed E-state index contributed by atoms with van der Waals surface area (Å²) in [7, 11) is -1.15. The molecule has 0 radical (unpaired) electrons. The maximum Gasteiger partial charge on any atom is 0.410 e. The maximum absolute atomic E-state index is 12.5. The number of carbonyl (C=O) groups is 1. The van der Waals surface area contributed by atoms with Gasteiger partial charge >= 0.3 is 6.09 Å². The predicted molar refractivity (Wildman–Crippen MR) is 135 cm³/mol. The Hall–Kier alpha value is -1.69. The third-order valence-corrected chi connectivity index (χ3v) is 7.74. The lowest BCUT2D eigenvalue weighted by Crippen LogP contribution is -2.57. The van der Waals surface area contributed by atoms with Crippen molar-refractivity contribution in [2.75, 3.05) is 37.7 Å². The van der Waals surface area contributed by atoms with Crippen molar-refractivity contribution in [2.45, 2.75) is 64.8 Å². The van der Waals surface area contributed by atoms with Crippen LogP contribution in [-0.2, 0) is 16.2 Å². The summed E-state index contributed by atoms with van der Waals surface area (Å²) in [6.07, 6.45) is 3.14. The van der Waals surface area contributed by atoms with Crippen LogP contribution in [0.1, 0.15) is 20.8 Å². The zero-order valence-corrected chi connectivity index (χ0v) is 23.1. The van der Waals surface area contributed by atoms with Crippen LogP contribution in [0.3, 0.4) is 0 Å².